The summed E-state index contributed by atoms with van der Waals surface area (Å²) >= 11 is 6.10. The predicted octanol–water partition coefficient (Wildman–Crippen LogP) is 1.98. The molecule has 17 heavy (non-hydrogen) atoms. The first-order valence-electron chi connectivity index (χ1n) is 5.27. The number of rotatable bonds is 3. The molecular weight excluding hydrogens is 234 g/mol. The second-order valence-electron chi connectivity index (χ2n) is 3.55. The van der Waals surface area contributed by atoms with E-state index in [9.17, 15) is 0 Å². The Morgan fingerprint density at radius 3 is 2.82 bits per heavy atom. The van der Waals surface area contributed by atoms with E-state index in [1.807, 2.05) is 36.2 Å². The minimum Gasteiger partial charge on any atom is -0.345 e. The number of halogens is 1. The van der Waals surface area contributed by atoms with Gasteiger partial charge in [-0.1, -0.05) is 35.7 Å². The molecule has 0 saturated heterocycles. The van der Waals surface area contributed by atoms with Crippen molar-refractivity contribution in [1.29, 1.82) is 0 Å². The van der Waals surface area contributed by atoms with Crippen LogP contribution in [-0.4, -0.2) is 31.5 Å². The Morgan fingerprint density at radius 2 is 2.24 bits per heavy atom. The zero-order valence-corrected chi connectivity index (χ0v) is 10.8. The molecule has 4 heteroatoms. The first-order chi connectivity index (χ1) is 8.19. The molecule has 1 aromatic rings. The summed E-state index contributed by atoms with van der Waals surface area (Å²) < 4.78 is 0. The monoisotopic (exact) mass is 249 g/mol. The van der Waals surface area contributed by atoms with Crippen LogP contribution in [0, 0.1) is 12.3 Å². The van der Waals surface area contributed by atoms with Crippen LogP contribution < -0.4 is 5.32 Å². The van der Waals surface area contributed by atoms with Crippen LogP contribution in [0.25, 0.3) is 0 Å². The van der Waals surface area contributed by atoms with Crippen molar-refractivity contribution in [3.8, 4) is 12.3 Å². The summed E-state index contributed by atoms with van der Waals surface area (Å²) in [5.74, 6) is 3.27. The van der Waals surface area contributed by atoms with Crippen molar-refractivity contribution < 1.29 is 0 Å². The molecule has 0 fully saturated rings. The lowest BCUT2D eigenvalue weighted by molar-refractivity contribution is 0.481. The van der Waals surface area contributed by atoms with Gasteiger partial charge in [0.25, 0.3) is 0 Å². The van der Waals surface area contributed by atoms with E-state index in [1.165, 1.54) is 0 Å². The highest BCUT2D eigenvalue weighted by Crippen LogP contribution is 2.16. The smallest absolute Gasteiger partial charge is 0.194 e. The first-order valence-corrected chi connectivity index (χ1v) is 5.65. The zero-order chi connectivity index (χ0) is 12.7. The maximum Gasteiger partial charge on any atom is 0.194 e. The average Bonchev–Trinajstić information content (AvgIpc) is 2.33. The SMILES string of the molecule is C#CCNC(=NC)N(C)Cc1ccccc1Cl. The summed E-state index contributed by atoms with van der Waals surface area (Å²) in [6.45, 7) is 1.14. The lowest BCUT2D eigenvalue weighted by atomic mass is 10.2. The topological polar surface area (TPSA) is 27.6 Å². The van der Waals surface area contributed by atoms with Gasteiger partial charge < -0.3 is 10.2 Å². The van der Waals surface area contributed by atoms with E-state index in [0.29, 0.717) is 13.1 Å². The van der Waals surface area contributed by atoms with E-state index < -0.39 is 0 Å². The Kier molecular flexibility index (Phi) is 5.38. The Hall–Kier alpha value is -1.66. The molecule has 1 N–H and O–H groups in total. The van der Waals surface area contributed by atoms with Gasteiger partial charge in [0.05, 0.1) is 6.54 Å². The number of terminal acetylenes is 1. The van der Waals surface area contributed by atoms with Crippen molar-refractivity contribution in [1.82, 2.24) is 10.2 Å². The van der Waals surface area contributed by atoms with Gasteiger partial charge in [-0.05, 0) is 11.6 Å². The fourth-order valence-electron chi connectivity index (χ4n) is 1.47. The summed E-state index contributed by atoms with van der Waals surface area (Å²) in [5, 5.41) is 3.81. The number of hydrogen-bond acceptors (Lipinski definition) is 1. The summed E-state index contributed by atoms with van der Waals surface area (Å²) in [4.78, 5) is 6.11. The second-order valence-corrected chi connectivity index (χ2v) is 3.96. The largest absolute Gasteiger partial charge is 0.345 e. The highest BCUT2D eigenvalue weighted by molar-refractivity contribution is 6.31. The lowest BCUT2D eigenvalue weighted by Gasteiger charge is -2.21. The van der Waals surface area contributed by atoms with Crippen LogP contribution in [0.1, 0.15) is 5.56 Å². The Bertz CT molecular complexity index is 435. The molecule has 0 amide bonds. The fourth-order valence-corrected chi connectivity index (χ4v) is 1.67. The lowest BCUT2D eigenvalue weighted by Crippen LogP contribution is -2.38. The van der Waals surface area contributed by atoms with Gasteiger partial charge in [0.2, 0.25) is 0 Å². The normalized spacial score (nSPS) is 10.8. The number of aliphatic imine (C=N–C) groups is 1. The van der Waals surface area contributed by atoms with Gasteiger partial charge in [0, 0.05) is 25.7 Å². The minimum atomic E-state index is 0.458. The zero-order valence-electron chi connectivity index (χ0n) is 10.1. The number of nitrogens with zero attached hydrogens (tertiary/aromatic N) is 2. The van der Waals surface area contributed by atoms with Gasteiger partial charge in [-0.15, -0.1) is 6.42 Å². The molecule has 1 aromatic carbocycles. The molecule has 0 saturated carbocycles. The van der Waals surface area contributed by atoms with Gasteiger partial charge in [-0.25, -0.2) is 0 Å². The van der Waals surface area contributed by atoms with E-state index in [1.54, 1.807) is 7.05 Å². The standard InChI is InChI=1S/C13H16ClN3/c1-4-9-16-13(15-2)17(3)10-11-7-5-6-8-12(11)14/h1,5-8H,9-10H2,2-3H3,(H,15,16). The van der Waals surface area contributed by atoms with E-state index in [2.05, 4.69) is 16.2 Å². The molecule has 0 aromatic heterocycles. The van der Waals surface area contributed by atoms with Crippen molar-refractivity contribution in [2.75, 3.05) is 20.6 Å². The summed E-state index contributed by atoms with van der Waals surface area (Å²) in [6, 6.07) is 7.75. The van der Waals surface area contributed by atoms with Crippen molar-refractivity contribution in [2.24, 2.45) is 4.99 Å². The van der Waals surface area contributed by atoms with E-state index in [-0.39, 0.29) is 0 Å². The van der Waals surface area contributed by atoms with Crippen molar-refractivity contribution in [3.63, 3.8) is 0 Å². The molecular formula is C13H16ClN3. The quantitative estimate of drug-likeness (QED) is 0.504. The van der Waals surface area contributed by atoms with Crippen LogP contribution in [0.2, 0.25) is 5.02 Å². The molecule has 0 unspecified atom stereocenters. The van der Waals surface area contributed by atoms with Crippen LogP contribution in [0.3, 0.4) is 0 Å². The van der Waals surface area contributed by atoms with Crippen LogP contribution >= 0.6 is 11.6 Å². The maximum atomic E-state index is 6.10. The Balaban J connectivity index is 2.68. The number of nitrogens with one attached hydrogen (secondary N) is 1. The molecule has 0 spiro atoms. The second kappa shape index (κ2) is 6.82. The highest BCUT2D eigenvalue weighted by Gasteiger charge is 2.07. The van der Waals surface area contributed by atoms with Crippen LogP contribution in [-0.2, 0) is 6.54 Å². The highest BCUT2D eigenvalue weighted by atomic mass is 35.5. The summed E-state index contributed by atoms with van der Waals surface area (Å²) in [7, 11) is 3.66. The van der Waals surface area contributed by atoms with Gasteiger partial charge in [0.1, 0.15) is 0 Å². The summed E-state index contributed by atoms with van der Waals surface area (Å²) in [6.07, 6.45) is 5.20. The Morgan fingerprint density at radius 1 is 1.53 bits per heavy atom. The molecule has 0 bridgehead atoms. The van der Waals surface area contributed by atoms with Gasteiger partial charge >= 0.3 is 0 Å². The molecule has 0 atom stereocenters. The third-order valence-corrected chi connectivity index (χ3v) is 2.66. The van der Waals surface area contributed by atoms with E-state index in [0.717, 1.165) is 16.5 Å². The molecule has 90 valence electrons. The molecule has 0 aliphatic rings. The third-order valence-electron chi connectivity index (χ3n) is 2.29. The summed E-state index contributed by atoms with van der Waals surface area (Å²) in [5.41, 5.74) is 1.06. The molecule has 0 aliphatic carbocycles. The van der Waals surface area contributed by atoms with Gasteiger partial charge in [0.15, 0.2) is 5.96 Å². The Labute approximate surface area is 107 Å². The first kappa shape index (κ1) is 13.4. The molecule has 1 rings (SSSR count). The predicted molar refractivity (Wildman–Crippen MR) is 73.1 cm³/mol. The average molecular weight is 250 g/mol. The van der Waals surface area contributed by atoms with Crippen LogP contribution in [0.15, 0.2) is 29.3 Å². The van der Waals surface area contributed by atoms with E-state index in [4.69, 9.17) is 18.0 Å². The molecule has 0 radical (unpaired) electrons. The molecule has 0 heterocycles. The minimum absolute atomic E-state index is 0.458. The maximum absolute atomic E-state index is 6.10. The molecule has 3 nitrogen and oxygen atoms in total. The number of benzene rings is 1. The number of guanidine groups is 1. The van der Waals surface area contributed by atoms with Crippen LogP contribution in [0.4, 0.5) is 0 Å². The van der Waals surface area contributed by atoms with Crippen molar-refractivity contribution in [3.05, 3.63) is 34.9 Å². The fraction of sp³-hybridized carbons (Fsp3) is 0.308. The molecule has 0 aliphatic heterocycles. The van der Waals surface area contributed by atoms with Gasteiger partial charge in [-0.3, -0.25) is 4.99 Å². The van der Waals surface area contributed by atoms with Crippen molar-refractivity contribution in [2.45, 2.75) is 6.54 Å². The van der Waals surface area contributed by atoms with Crippen molar-refractivity contribution >= 4 is 17.6 Å². The van der Waals surface area contributed by atoms with Crippen LogP contribution in [0.5, 0.6) is 0 Å². The number of hydrogen-bond donors (Lipinski definition) is 1. The van der Waals surface area contributed by atoms with E-state index >= 15 is 0 Å². The third kappa shape index (κ3) is 4.01. The van der Waals surface area contributed by atoms with Gasteiger partial charge in [-0.2, -0.15) is 0 Å².